The molecule has 2 aliphatic rings. The summed E-state index contributed by atoms with van der Waals surface area (Å²) in [6.07, 6.45) is -0.279. The number of nitrogens with one attached hydrogen (secondary N) is 1. The van der Waals surface area contributed by atoms with Gasteiger partial charge in [-0.25, -0.2) is 12.8 Å². The van der Waals surface area contributed by atoms with Gasteiger partial charge in [-0.05, 0) is 38.5 Å². The van der Waals surface area contributed by atoms with Crippen molar-refractivity contribution in [1.82, 2.24) is 9.62 Å². The van der Waals surface area contributed by atoms with Crippen LogP contribution < -0.4 is 5.32 Å². The molecular formula is C16H21FN2O4S. The van der Waals surface area contributed by atoms with Crippen molar-refractivity contribution in [2.24, 2.45) is 5.92 Å². The average molecular weight is 356 g/mol. The highest BCUT2D eigenvalue weighted by molar-refractivity contribution is 7.89. The first kappa shape index (κ1) is 17.3. The molecule has 1 aromatic rings. The van der Waals surface area contributed by atoms with E-state index in [1.54, 1.807) is 0 Å². The minimum atomic E-state index is -3.80. The Balaban J connectivity index is 1.78. The second kappa shape index (κ2) is 6.42. The van der Waals surface area contributed by atoms with Gasteiger partial charge in [-0.2, -0.15) is 4.31 Å². The van der Waals surface area contributed by atoms with E-state index in [4.69, 9.17) is 4.74 Å². The third-order valence-electron chi connectivity index (χ3n) is 4.33. The summed E-state index contributed by atoms with van der Waals surface area (Å²) in [4.78, 5) is 12.2. The number of amides is 1. The van der Waals surface area contributed by atoms with Gasteiger partial charge in [0.05, 0.1) is 23.0 Å². The molecule has 2 fully saturated rings. The lowest BCUT2D eigenvalue weighted by molar-refractivity contribution is -0.127. The van der Waals surface area contributed by atoms with Gasteiger partial charge in [-0.1, -0.05) is 6.07 Å². The van der Waals surface area contributed by atoms with Crippen molar-refractivity contribution in [2.75, 3.05) is 13.1 Å². The number of benzene rings is 1. The number of ether oxygens (including phenoxy) is 1. The number of hydrogen-bond acceptors (Lipinski definition) is 4. The molecule has 132 valence electrons. The summed E-state index contributed by atoms with van der Waals surface area (Å²) in [6.45, 7) is 4.04. The number of halogens is 1. The second-order valence-corrected chi connectivity index (χ2v) is 8.52. The van der Waals surface area contributed by atoms with Crippen LogP contribution in [0, 0.1) is 11.7 Å². The molecule has 3 rings (SSSR count). The topological polar surface area (TPSA) is 75.7 Å². The van der Waals surface area contributed by atoms with Crippen molar-refractivity contribution in [3.8, 4) is 0 Å². The zero-order valence-electron chi connectivity index (χ0n) is 13.6. The highest BCUT2D eigenvalue weighted by atomic mass is 32.2. The normalized spacial score (nSPS) is 27.4. The van der Waals surface area contributed by atoms with Crippen molar-refractivity contribution >= 4 is 15.9 Å². The smallest absolute Gasteiger partial charge is 0.243 e. The van der Waals surface area contributed by atoms with Crippen LogP contribution in [0.2, 0.25) is 0 Å². The van der Waals surface area contributed by atoms with Gasteiger partial charge in [0.25, 0.3) is 0 Å². The number of sulfonamides is 1. The monoisotopic (exact) mass is 356 g/mol. The number of morpholine rings is 1. The molecule has 1 amide bonds. The summed E-state index contributed by atoms with van der Waals surface area (Å²) < 4.78 is 45.8. The van der Waals surface area contributed by atoms with Gasteiger partial charge in [0, 0.05) is 19.1 Å². The summed E-state index contributed by atoms with van der Waals surface area (Å²) in [5, 5.41) is 2.85. The zero-order valence-corrected chi connectivity index (χ0v) is 14.4. The Morgan fingerprint density at radius 2 is 2.12 bits per heavy atom. The van der Waals surface area contributed by atoms with Gasteiger partial charge in [-0.15, -0.1) is 0 Å². The number of nitrogens with zero attached hydrogens (tertiary/aromatic N) is 1. The van der Waals surface area contributed by atoms with E-state index in [2.05, 4.69) is 5.32 Å². The lowest BCUT2D eigenvalue weighted by Crippen LogP contribution is -2.48. The van der Waals surface area contributed by atoms with Crippen molar-refractivity contribution in [2.45, 2.75) is 43.4 Å². The van der Waals surface area contributed by atoms with Crippen LogP contribution in [-0.2, 0) is 19.6 Å². The predicted molar refractivity (Wildman–Crippen MR) is 85.2 cm³/mol. The van der Waals surface area contributed by atoms with E-state index in [-0.39, 0.29) is 42.0 Å². The minimum Gasteiger partial charge on any atom is -0.371 e. The maximum absolute atomic E-state index is 13.4. The first-order valence-electron chi connectivity index (χ1n) is 7.99. The molecule has 8 heteroatoms. The first-order valence-corrected chi connectivity index (χ1v) is 9.43. The summed E-state index contributed by atoms with van der Waals surface area (Å²) in [6, 6.07) is 4.98. The summed E-state index contributed by atoms with van der Waals surface area (Å²) in [5.41, 5.74) is 0. The molecule has 3 unspecified atom stereocenters. The summed E-state index contributed by atoms with van der Waals surface area (Å²) >= 11 is 0. The standard InChI is InChI=1S/C16H21FN2O4S/c1-10(2)18-16(20)14-7-12-8-19(9-15(14)23-12)24(21,22)13-5-3-4-11(17)6-13/h3-6,10,12,14-15H,7-9H2,1-2H3,(H,18,20). The van der Waals surface area contributed by atoms with Crippen LogP contribution in [0.25, 0.3) is 0 Å². The Bertz CT molecular complexity index is 737. The number of fused-ring (bicyclic) bond motifs is 2. The summed E-state index contributed by atoms with van der Waals surface area (Å²) in [7, 11) is -3.80. The quantitative estimate of drug-likeness (QED) is 0.877. The Kier molecular flexibility index (Phi) is 4.63. The van der Waals surface area contributed by atoms with Crippen molar-refractivity contribution in [3.63, 3.8) is 0 Å². The summed E-state index contributed by atoms with van der Waals surface area (Å²) in [5.74, 6) is -1.06. The molecule has 0 aliphatic carbocycles. The highest BCUT2D eigenvalue weighted by Crippen LogP contribution is 2.34. The van der Waals surface area contributed by atoms with Crippen LogP contribution in [-0.4, -0.2) is 50.0 Å². The lowest BCUT2D eigenvalue weighted by Gasteiger charge is -2.32. The molecule has 1 N–H and O–H groups in total. The van der Waals surface area contributed by atoms with Crippen molar-refractivity contribution in [1.29, 1.82) is 0 Å². The maximum atomic E-state index is 13.4. The van der Waals surface area contributed by atoms with Crippen LogP contribution in [0.1, 0.15) is 20.3 Å². The van der Waals surface area contributed by atoms with Crippen molar-refractivity contribution < 1.29 is 22.3 Å². The molecule has 2 aliphatic heterocycles. The van der Waals surface area contributed by atoms with Crippen LogP contribution >= 0.6 is 0 Å². The molecule has 2 bridgehead atoms. The Morgan fingerprint density at radius 3 is 2.79 bits per heavy atom. The SMILES string of the molecule is CC(C)NC(=O)C1CC2CN(S(=O)(=O)c3cccc(F)c3)CC1O2. The average Bonchev–Trinajstić information content (AvgIpc) is 2.80. The first-order chi connectivity index (χ1) is 11.3. The number of carbonyl (C=O) groups excluding carboxylic acids is 1. The zero-order chi connectivity index (χ0) is 17.5. The van der Waals surface area contributed by atoms with Gasteiger partial charge >= 0.3 is 0 Å². The minimum absolute atomic E-state index is 0.0186. The van der Waals surface area contributed by atoms with Crippen LogP contribution in [0.3, 0.4) is 0 Å². The van der Waals surface area contributed by atoms with Crippen molar-refractivity contribution in [3.05, 3.63) is 30.1 Å². The fourth-order valence-electron chi connectivity index (χ4n) is 3.26. The largest absolute Gasteiger partial charge is 0.371 e. The highest BCUT2D eigenvalue weighted by Gasteiger charge is 2.47. The number of hydrogen-bond donors (Lipinski definition) is 1. The molecule has 24 heavy (non-hydrogen) atoms. The predicted octanol–water partition coefficient (Wildman–Crippen LogP) is 1.13. The molecule has 0 saturated carbocycles. The van der Waals surface area contributed by atoms with E-state index in [1.807, 2.05) is 13.8 Å². The molecule has 6 nitrogen and oxygen atoms in total. The fraction of sp³-hybridized carbons (Fsp3) is 0.562. The second-order valence-electron chi connectivity index (χ2n) is 6.58. The van der Waals surface area contributed by atoms with Gasteiger partial charge < -0.3 is 10.1 Å². The Morgan fingerprint density at radius 1 is 1.38 bits per heavy atom. The number of rotatable bonds is 4. The van der Waals surface area contributed by atoms with Gasteiger partial charge in [0.2, 0.25) is 15.9 Å². The van der Waals surface area contributed by atoms with Crippen LogP contribution in [0.5, 0.6) is 0 Å². The Hall–Kier alpha value is -1.51. The molecule has 2 saturated heterocycles. The van der Waals surface area contributed by atoms with E-state index >= 15 is 0 Å². The molecule has 2 heterocycles. The van der Waals surface area contributed by atoms with E-state index in [0.29, 0.717) is 6.42 Å². The molecule has 0 aromatic heterocycles. The van der Waals surface area contributed by atoms with Crippen LogP contribution in [0.15, 0.2) is 29.2 Å². The fourth-order valence-corrected chi connectivity index (χ4v) is 4.78. The van der Waals surface area contributed by atoms with Gasteiger partial charge in [0.1, 0.15) is 5.82 Å². The maximum Gasteiger partial charge on any atom is 0.243 e. The molecule has 0 radical (unpaired) electrons. The third-order valence-corrected chi connectivity index (χ3v) is 6.15. The molecule has 0 spiro atoms. The molecule has 3 atom stereocenters. The van der Waals surface area contributed by atoms with E-state index < -0.39 is 21.9 Å². The van der Waals surface area contributed by atoms with Gasteiger partial charge in [0.15, 0.2) is 0 Å². The van der Waals surface area contributed by atoms with E-state index in [1.165, 1.54) is 22.5 Å². The number of carbonyl (C=O) groups is 1. The van der Waals surface area contributed by atoms with Crippen LogP contribution in [0.4, 0.5) is 4.39 Å². The lowest BCUT2D eigenvalue weighted by atomic mass is 9.99. The molecule has 1 aromatic carbocycles. The molecular weight excluding hydrogens is 335 g/mol. The van der Waals surface area contributed by atoms with E-state index in [0.717, 1.165) is 6.07 Å². The van der Waals surface area contributed by atoms with Gasteiger partial charge in [-0.3, -0.25) is 4.79 Å². The van der Waals surface area contributed by atoms with E-state index in [9.17, 15) is 17.6 Å². The third kappa shape index (κ3) is 3.31. The Labute approximate surface area is 141 Å².